The van der Waals surface area contributed by atoms with Crippen molar-refractivity contribution in [2.75, 3.05) is 0 Å². The minimum absolute atomic E-state index is 0.00222. The van der Waals surface area contributed by atoms with Crippen LogP contribution in [0.4, 0.5) is 5.69 Å². The summed E-state index contributed by atoms with van der Waals surface area (Å²) in [6, 6.07) is 23.2. The molecule has 1 aliphatic rings. The number of hydrazone groups is 1. The van der Waals surface area contributed by atoms with E-state index in [1.165, 1.54) is 12.1 Å². The number of rotatable bonds is 8. The summed E-state index contributed by atoms with van der Waals surface area (Å²) < 4.78 is 5.91. The van der Waals surface area contributed by atoms with Crippen LogP contribution in [0.2, 0.25) is 0 Å². The summed E-state index contributed by atoms with van der Waals surface area (Å²) in [5.41, 5.74) is 12.1. The Morgan fingerprint density at radius 1 is 1.09 bits per heavy atom. The van der Waals surface area contributed by atoms with Crippen LogP contribution in [-0.4, -0.2) is 22.6 Å². The zero-order valence-corrected chi connectivity index (χ0v) is 18.6. The molecular formula is C25H25N5O4. The van der Waals surface area contributed by atoms with Gasteiger partial charge < -0.3 is 4.74 Å². The maximum absolute atomic E-state index is 12.6. The van der Waals surface area contributed by atoms with E-state index < -0.39 is 11.0 Å². The Balaban J connectivity index is 1.31. The highest BCUT2D eigenvalue weighted by molar-refractivity contribution is 5.99. The van der Waals surface area contributed by atoms with Crippen molar-refractivity contribution >= 4 is 17.3 Å². The molecule has 3 aromatic rings. The summed E-state index contributed by atoms with van der Waals surface area (Å²) in [6.07, 6.45) is 0.542. The number of non-ortho nitro benzene ring substituents is 1. The lowest BCUT2D eigenvalue weighted by Gasteiger charge is -2.12. The van der Waals surface area contributed by atoms with Crippen LogP contribution in [-0.2, 0) is 11.4 Å². The molecule has 0 spiro atoms. The second-order valence-electron chi connectivity index (χ2n) is 7.95. The minimum Gasteiger partial charge on any atom is -0.489 e. The standard InChI is InChI=1S/C25H25N5O4/c1-17(19-10-12-21(13-11-19)30(32)33)26-29-25(31)24-15-23(27-28-24)20-8-5-9-22(14-20)34-16-18-6-3-2-4-7-18/h2-14,23-24,27-28H,15-16H2,1H3,(H,29,31)/b26-17+. The molecule has 174 valence electrons. The topological polar surface area (TPSA) is 118 Å². The Kier molecular flexibility index (Phi) is 7.26. The smallest absolute Gasteiger partial charge is 0.269 e. The molecule has 3 N–H and O–H groups in total. The first-order valence-electron chi connectivity index (χ1n) is 10.9. The molecule has 0 radical (unpaired) electrons. The van der Waals surface area contributed by atoms with E-state index in [4.69, 9.17) is 4.74 Å². The largest absolute Gasteiger partial charge is 0.489 e. The number of nitro benzene ring substituents is 1. The molecule has 0 bridgehead atoms. The fourth-order valence-electron chi connectivity index (χ4n) is 3.61. The monoisotopic (exact) mass is 459 g/mol. The van der Waals surface area contributed by atoms with Crippen LogP contribution in [0.25, 0.3) is 0 Å². The molecular weight excluding hydrogens is 434 g/mol. The number of nitrogens with one attached hydrogen (secondary N) is 3. The van der Waals surface area contributed by atoms with Gasteiger partial charge in [-0.2, -0.15) is 5.10 Å². The highest BCUT2D eigenvalue weighted by atomic mass is 16.6. The lowest BCUT2D eigenvalue weighted by atomic mass is 10.0. The molecule has 2 unspecified atom stereocenters. The van der Waals surface area contributed by atoms with Crippen molar-refractivity contribution in [2.45, 2.75) is 32.0 Å². The first kappa shape index (κ1) is 23.1. The van der Waals surface area contributed by atoms with Gasteiger partial charge >= 0.3 is 0 Å². The molecule has 0 aliphatic carbocycles. The highest BCUT2D eigenvalue weighted by Gasteiger charge is 2.30. The van der Waals surface area contributed by atoms with Gasteiger partial charge in [0.1, 0.15) is 18.4 Å². The van der Waals surface area contributed by atoms with Crippen LogP contribution < -0.4 is 21.0 Å². The van der Waals surface area contributed by atoms with Crippen molar-refractivity contribution < 1.29 is 14.5 Å². The van der Waals surface area contributed by atoms with Crippen molar-refractivity contribution in [1.82, 2.24) is 16.3 Å². The zero-order valence-electron chi connectivity index (χ0n) is 18.6. The first-order chi connectivity index (χ1) is 16.5. The molecule has 0 saturated carbocycles. The van der Waals surface area contributed by atoms with Gasteiger partial charge in [0.05, 0.1) is 10.6 Å². The third-order valence-electron chi connectivity index (χ3n) is 5.56. The summed E-state index contributed by atoms with van der Waals surface area (Å²) in [6.45, 7) is 2.21. The van der Waals surface area contributed by atoms with Crippen molar-refractivity contribution in [1.29, 1.82) is 0 Å². The van der Waals surface area contributed by atoms with Crippen LogP contribution in [0.3, 0.4) is 0 Å². The number of hydrogen-bond donors (Lipinski definition) is 3. The number of ether oxygens (including phenoxy) is 1. The van der Waals surface area contributed by atoms with Gasteiger partial charge in [-0.25, -0.2) is 16.3 Å². The van der Waals surface area contributed by atoms with Gasteiger partial charge in [0, 0.05) is 18.2 Å². The number of amides is 1. The molecule has 2 atom stereocenters. The fraction of sp³-hybridized carbons (Fsp3) is 0.200. The van der Waals surface area contributed by atoms with Gasteiger partial charge in [-0.05, 0) is 54.3 Å². The number of carbonyl (C=O) groups excluding carboxylic acids is 1. The number of nitrogens with zero attached hydrogens (tertiary/aromatic N) is 2. The number of hydrogen-bond acceptors (Lipinski definition) is 7. The molecule has 1 heterocycles. The van der Waals surface area contributed by atoms with E-state index in [-0.39, 0.29) is 17.6 Å². The lowest BCUT2D eigenvalue weighted by molar-refractivity contribution is -0.384. The van der Waals surface area contributed by atoms with E-state index in [0.717, 1.165) is 16.9 Å². The third-order valence-corrected chi connectivity index (χ3v) is 5.56. The van der Waals surface area contributed by atoms with E-state index in [2.05, 4.69) is 21.4 Å². The van der Waals surface area contributed by atoms with Crippen LogP contribution >= 0.6 is 0 Å². The summed E-state index contributed by atoms with van der Waals surface area (Å²) in [7, 11) is 0. The van der Waals surface area contributed by atoms with E-state index >= 15 is 0 Å². The molecule has 1 aliphatic heterocycles. The van der Waals surface area contributed by atoms with E-state index in [9.17, 15) is 14.9 Å². The molecule has 1 fully saturated rings. The predicted molar refractivity (Wildman–Crippen MR) is 128 cm³/mol. The van der Waals surface area contributed by atoms with Crippen LogP contribution in [0.1, 0.15) is 36.1 Å². The van der Waals surface area contributed by atoms with Crippen molar-refractivity contribution in [3.63, 3.8) is 0 Å². The lowest BCUT2D eigenvalue weighted by Crippen LogP contribution is -2.41. The average molecular weight is 460 g/mol. The summed E-state index contributed by atoms with van der Waals surface area (Å²) in [5, 5.41) is 14.9. The van der Waals surface area contributed by atoms with Gasteiger partial charge in [0.2, 0.25) is 0 Å². The van der Waals surface area contributed by atoms with Crippen molar-refractivity contribution in [3.05, 3.63) is 106 Å². The van der Waals surface area contributed by atoms with Gasteiger partial charge in [0.15, 0.2) is 0 Å². The molecule has 1 saturated heterocycles. The third kappa shape index (κ3) is 5.83. The van der Waals surface area contributed by atoms with E-state index in [1.54, 1.807) is 19.1 Å². The second-order valence-corrected chi connectivity index (χ2v) is 7.95. The molecule has 0 aromatic heterocycles. The molecule has 3 aromatic carbocycles. The minimum atomic E-state index is -0.465. The summed E-state index contributed by atoms with van der Waals surface area (Å²) in [4.78, 5) is 22.9. The molecule has 9 nitrogen and oxygen atoms in total. The number of nitro groups is 1. The molecule has 4 rings (SSSR count). The summed E-state index contributed by atoms with van der Waals surface area (Å²) >= 11 is 0. The summed E-state index contributed by atoms with van der Waals surface area (Å²) in [5.74, 6) is 0.493. The van der Waals surface area contributed by atoms with Gasteiger partial charge in [-0.15, -0.1) is 0 Å². The van der Waals surface area contributed by atoms with Crippen LogP contribution in [0.15, 0.2) is 84.0 Å². The van der Waals surface area contributed by atoms with E-state index in [0.29, 0.717) is 24.3 Å². The maximum atomic E-state index is 12.6. The van der Waals surface area contributed by atoms with Gasteiger partial charge in [0.25, 0.3) is 11.6 Å². The quantitative estimate of drug-likeness (QED) is 0.269. The SMILES string of the molecule is C/C(=N\NC(=O)C1CC(c2cccc(OCc3ccccc3)c2)NN1)c1ccc([N+](=O)[O-])cc1. The number of benzene rings is 3. The maximum Gasteiger partial charge on any atom is 0.269 e. The van der Waals surface area contributed by atoms with Crippen molar-refractivity contribution in [2.24, 2.45) is 5.10 Å². The Morgan fingerprint density at radius 2 is 1.85 bits per heavy atom. The zero-order chi connectivity index (χ0) is 23.9. The Labute approximate surface area is 197 Å². The van der Waals surface area contributed by atoms with Crippen LogP contribution in [0.5, 0.6) is 5.75 Å². The Morgan fingerprint density at radius 3 is 2.59 bits per heavy atom. The number of carbonyl (C=O) groups is 1. The first-order valence-corrected chi connectivity index (χ1v) is 10.9. The average Bonchev–Trinajstić information content (AvgIpc) is 3.37. The highest BCUT2D eigenvalue weighted by Crippen LogP contribution is 2.26. The van der Waals surface area contributed by atoms with Crippen LogP contribution in [0, 0.1) is 10.1 Å². The second kappa shape index (κ2) is 10.7. The normalized spacial score (nSPS) is 17.9. The Bertz CT molecular complexity index is 1180. The van der Waals surface area contributed by atoms with Gasteiger partial charge in [-0.1, -0.05) is 42.5 Å². The molecule has 9 heteroatoms. The fourth-order valence-corrected chi connectivity index (χ4v) is 3.61. The van der Waals surface area contributed by atoms with Crippen molar-refractivity contribution in [3.8, 4) is 5.75 Å². The number of hydrazine groups is 1. The van der Waals surface area contributed by atoms with Gasteiger partial charge in [-0.3, -0.25) is 14.9 Å². The molecule has 34 heavy (non-hydrogen) atoms. The predicted octanol–water partition coefficient (Wildman–Crippen LogP) is 3.62. The Hall–Kier alpha value is -4.08. The molecule has 1 amide bonds. The van der Waals surface area contributed by atoms with E-state index in [1.807, 2.05) is 54.6 Å².